The molecule has 3 nitrogen and oxygen atoms in total. The standard InChI is InChI=1S/C17H30ClN3/c1-7-21(14(4)12-20(5)6)16-9-8-15(17(18)10-16)11-19-13(2)3/h8-10,13-14,19H,7,11-12H2,1-6H3. The number of hydrogen-bond donors (Lipinski definition) is 1. The average Bonchev–Trinajstić information content (AvgIpc) is 2.37. The van der Waals surface area contributed by atoms with Crippen molar-refractivity contribution >= 4 is 17.3 Å². The molecule has 0 fully saturated rings. The molecular formula is C17H30ClN3. The lowest BCUT2D eigenvalue weighted by Crippen LogP contribution is -2.40. The molecule has 0 spiro atoms. The molecule has 1 rings (SSSR count). The summed E-state index contributed by atoms with van der Waals surface area (Å²) in [5, 5.41) is 4.25. The van der Waals surface area contributed by atoms with Crippen LogP contribution in [0, 0.1) is 0 Å². The van der Waals surface area contributed by atoms with E-state index in [4.69, 9.17) is 11.6 Å². The molecule has 0 bridgehead atoms. The quantitative estimate of drug-likeness (QED) is 0.791. The molecule has 0 aromatic heterocycles. The number of rotatable bonds is 8. The van der Waals surface area contributed by atoms with Gasteiger partial charge in [0.2, 0.25) is 0 Å². The zero-order valence-electron chi connectivity index (χ0n) is 14.3. The largest absolute Gasteiger partial charge is 0.368 e. The van der Waals surface area contributed by atoms with Gasteiger partial charge in [-0.15, -0.1) is 0 Å². The Morgan fingerprint density at radius 3 is 2.33 bits per heavy atom. The number of likely N-dealkylation sites (N-methyl/N-ethyl adjacent to an activating group) is 2. The first-order chi connectivity index (χ1) is 9.85. The van der Waals surface area contributed by atoms with Crippen molar-refractivity contribution in [1.29, 1.82) is 0 Å². The first-order valence-electron chi connectivity index (χ1n) is 7.78. The molecule has 0 saturated heterocycles. The van der Waals surface area contributed by atoms with Crippen LogP contribution in [0.1, 0.15) is 33.3 Å². The van der Waals surface area contributed by atoms with Crippen LogP contribution in [0.25, 0.3) is 0 Å². The van der Waals surface area contributed by atoms with E-state index in [2.05, 4.69) is 75.1 Å². The highest BCUT2D eigenvalue weighted by molar-refractivity contribution is 6.31. The molecule has 21 heavy (non-hydrogen) atoms. The molecule has 1 N–H and O–H groups in total. The topological polar surface area (TPSA) is 18.5 Å². The SMILES string of the molecule is CCN(c1ccc(CNC(C)C)c(Cl)c1)C(C)CN(C)C. The highest BCUT2D eigenvalue weighted by Gasteiger charge is 2.15. The summed E-state index contributed by atoms with van der Waals surface area (Å²) in [6.45, 7) is 11.6. The van der Waals surface area contributed by atoms with Gasteiger partial charge in [-0.25, -0.2) is 0 Å². The van der Waals surface area contributed by atoms with Gasteiger partial charge in [0.15, 0.2) is 0 Å². The molecular weight excluding hydrogens is 282 g/mol. The smallest absolute Gasteiger partial charge is 0.0471 e. The van der Waals surface area contributed by atoms with Gasteiger partial charge in [-0.1, -0.05) is 31.5 Å². The molecule has 1 aromatic rings. The normalized spacial score (nSPS) is 13.0. The Morgan fingerprint density at radius 1 is 1.19 bits per heavy atom. The Bertz CT molecular complexity index is 432. The van der Waals surface area contributed by atoms with E-state index in [1.54, 1.807) is 0 Å². The summed E-state index contributed by atoms with van der Waals surface area (Å²) < 4.78 is 0. The molecule has 1 aromatic carbocycles. The second kappa shape index (κ2) is 8.62. The van der Waals surface area contributed by atoms with Crippen molar-refractivity contribution in [2.45, 2.75) is 46.3 Å². The van der Waals surface area contributed by atoms with Crippen LogP contribution in [0.15, 0.2) is 18.2 Å². The van der Waals surface area contributed by atoms with E-state index in [1.807, 2.05) is 0 Å². The second-order valence-corrected chi connectivity index (χ2v) is 6.62. The number of halogens is 1. The Labute approximate surface area is 135 Å². The second-order valence-electron chi connectivity index (χ2n) is 6.21. The van der Waals surface area contributed by atoms with E-state index in [0.29, 0.717) is 12.1 Å². The van der Waals surface area contributed by atoms with E-state index in [0.717, 1.165) is 30.2 Å². The summed E-state index contributed by atoms with van der Waals surface area (Å²) in [5.41, 5.74) is 2.36. The van der Waals surface area contributed by atoms with E-state index in [1.165, 1.54) is 5.69 Å². The molecule has 0 aliphatic rings. The average molecular weight is 312 g/mol. The highest BCUT2D eigenvalue weighted by atomic mass is 35.5. The molecule has 4 heteroatoms. The number of benzene rings is 1. The number of anilines is 1. The Morgan fingerprint density at radius 2 is 1.86 bits per heavy atom. The van der Waals surface area contributed by atoms with Crippen molar-refractivity contribution in [3.8, 4) is 0 Å². The summed E-state index contributed by atoms with van der Waals surface area (Å²) in [4.78, 5) is 4.61. The lowest BCUT2D eigenvalue weighted by Gasteiger charge is -2.32. The van der Waals surface area contributed by atoms with Crippen LogP contribution in [-0.4, -0.2) is 44.2 Å². The maximum atomic E-state index is 6.45. The summed E-state index contributed by atoms with van der Waals surface area (Å²) in [6.07, 6.45) is 0. The lowest BCUT2D eigenvalue weighted by molar-refractivity contribution is 0.373. The third kappa shape index (κ3) is 5.85. The number of nitrogens with one attached hydrogen (secondary N) is 1. The van der Waals surface area contributed by atoms with Crippen molar-refractivity contribution < 1.29 is 0 Å². The number of nitrogens with zero attached hydrogens (tertiary/aromatic N) is 2. The van der Waals surface area contributed by atoms with Gasteiger partial charge in [-0.05, 0) is 45.6 Å². The van der Waals surface area contributed by atoms with E-state index in [-0.39, 0.29) is 0 Å². The predicted molar refractivity (Wildman–Crippen MR) is 94.5 cm³/mol. The van der Waals surface area contributed by atoms with Crippen molar-refractivity contribution in [2.24, 2.45) is 0 Å². The van der Waals surface area contributed by atoms with Crippen molar-refractivity contribution in [1.82, 2.24) is 10.2 Å². The molecule has 0 aliphatic carbocycles. The van der Waals surface area contributed by atoms with Crippen LogP contribution in [0.4, 0.5) is 5.69 Å². The minimum Gasteiger partial charge on any atom is -0.368 e. The van der Waals surface area contributed by atoms with Crippen LogP contribution >= 0.6 is 11.6 Å². The third-order valence-corrected chi connectivity index (χ3v) is 3.92. The molecule has 120 valence electrons. The predicted octanol–water partition coefficient (Wildman–Crippen LogP) is 3.61. The van der Waals surface area contributed by atoms with E-state index >= 15 is 0 Å². The first-order valence-corrected chi connectivity index (χ1v) is 8.16. The van der Waals surface area contributed by atoms with Gasteiger partial charge in [0, 0.05) is 42.4 Å². The highest BCUT2D eigenvalue weighted by Crippen LogP contribution is 2.25. The van der Waals surface area contributed by atoms with Crippen LogP contribution in [0.3, 0.4) is 0 Å². The van der Waals surface area contributed by atoms with Gasteiger partial charge < -0.3 is 15.1 Å². The minimum absolute atomic E-state index is 0.459. The fourth-order valence-corrected chi connectivity index (χ4v) is 2.79. The molecule has 0 aliphatic heterocycles. The molecule has 0 heterocycles. The maximum absolute atomic E-state index is 6.45. The summed E-state index contributed by atoms with van der Waals surface area (Å²) in [7, 11) is 4.22. The molecule has 1 atom stereocenters. The van der Waals surface area contributed by atoms with Crippen molar-refractivity contribution in [3.63, 3.8) is 0 Å². The minimum atomic E-state index is 0.459. The molecule has 1 unspecified atom stereocenters. The third-order valence-electron chi connectivity index (χ3n) is 3.57. The van der Waals surface area contributed by atoms with Crippen molar-refractivity contribution in [2.75, 3.05) is 32.1 Å². The zero-order chi connectivity index (χ0) is 16.0. The molecule has 0 saturated carbocycles. The Hall–Kier alpha value is -0.770. The monoisotopic (exact) mass is 311 g/mol. The van der Waals surface area contributed by atoms with Gasteiger partial charge in [-0.2, -0.15) is 0 Å². The van der Waals surface area contributed by atoms with Gasteiger partial charge >= 0.3 is 0 Å². The Kier molecular flexibility index (Phi) is 7.50. The Balaban J connectivity index is 2.84. The van der Waals surface area contributed by atoms with Gasteiger partial charge in [-0.3, -0.25) is 0 Å². The first kappa shape index (κ1) is 18.3. The van der Waals surface area contributed by atoms with E-state index in [9.17, 15) is 0 Å². The van der Waals surface area contributed by atoms with E-state index < -0.39 is 0 Å². The fourth-order valence-electron chi connectivity index (χ4n) is 2.55. The summed E-state index contributed by atoms with van der Waals surface area (Å²) >= 11 is 6.45. The molecule has 0 amide bonds. The van der Waals surface area contributed by atoms with Gasteiger partial charge in [0.05, 0.1) is 0 Å². The van der Waals surface area contributed by atoms with Gasteiger partial charge in [0.1, 0.15) is 0 Å². The van der Waals surface area contributed by atoms with Crippen LogP contribution in [0.5, 0.6) is 0 Å². The maximum Gasteiger partial charge on any atom is 0.0471 e. The summed E-state index contributed by atoms with van der Waals surface area (Å²) in [5.74, 6) is 0. The van der Waals surface area contributed by atoms with Crippen molar-refractivity contribution in [3.05, 3.63) is 28.8 Å². The summed E-state index contributed by atoms with van der Waals surface area (Å²) in [6, 6.07) is 7.33. The zero-order valence-corrected chi connectivity index (χ0v) is 15.0. The fraction of sp³-hybridized carbons (Fsp3) is 0.647. The molecule has 0 radical (unpaired) electrons. The van der Waals surface area contributed by atoms with Crippen LogP contribution in [0.2, 0.25) is 5.02 Å². The lowest BCUT2D eigenvalue weighted by atomic mass is 10.1. The number of hydrogen-bond acceptors (Lipinski definition) is 3. The van der Waals surface area contributed by atoms with Gasteiger partial charge in [0.25, 0.3) is 0 Å². The van der Waals surface area contributed by atoms with Crippen LogP contribution in [-0.2, 0) is 6.54 Å². The van der Waals surface area contributed by atoms with Crippen LogP contribution < -0.4 is 10.2 Å².